The van der Waals surface area contributed by atoms with Crippen LogP contribution in [0.3, 0.4) is 0 Å². The zero-order chi connectivity index (χ0) is 13.0. The average molecular weight is 241 g/mol. The summed E-state index contributed by atoms with van der Waals surface area (Å²) in [5.41, 5.74) is 0.454. The second-order valence-electron chi connectivity index (χ2n) is 5.03. The van der Waals surface area contributed by atoms with Crippen molar-refractivity contribution in [2.75, 3.05) is 0 Å². The molecule has 0 aliphatic carbocycles. The highest BCUT2D eigenvalue weighted by atomic mass is 19.1. The number of hydrogen-bond donors (Lipinski definition) is 1. The normalized spacial score (nSPS) is 15.0. The van der Waals surface area contributed by atoms with Gasteiger partial charge >= 0.3 is 0 Å². The molecule has 0 saturated heterocycles. The van der Waals surface area contributed by atoms with Gasteiger partial charge in [0, 0.05) is 12.1 Å². The Kier molecular flexibility index (Phi) is 5.06. The maximum atomic E-state index is 13.5. The van der Waals surface area contributed by atoms with E-state index < -0.39 is 0 Å². The Hall–Kier alpha value is -0.960. The number of benzene rings is 1. The van der Waals surface area contributed by atoms with Gasteiger partial charge in [-0.1, -0.05) is 20.8 Å². The zero-order valence-electron chi connectivity index (χ0n) is 10.9. The highest BCUT2D eigenvalue weighted by molar-refractivity contribution is 5.19. The van der Waals surface area contributed by atoms with E-state index in [0.717, 1.165) is 6.07 Å². The number of halogens is 2. The topological polar surface area (TPSA) is 12.0 Å². The van der Waals surface area contributed by atoms with Gasteiger partial charge in [-0.3, -0.25) is 0 Å². The van der Waals surface area contributed by atoms with Crippen LogP contribution in [-0.4, -0.2) is 12.1 Å². The van der Waals surface area contributed by atoms with Crippen LogP contribution in [0.15, 0.2) is 18.2 Å². The van der Waals surface area contributed by atoms with Crippen molar-refractivity contribution in [2.45, 2.75) is 46.2 Å². The fourth-order valence-corrected chi connectivity index (χ4v) is 1.91. The van der Waals surface area contributed by atoms with Gasteiger partial charge in [-0.25, -0.2) is 8.78 Å². The van der Waals surface area contributed by atoms with Gasteiger partial charge in [0.25, 0.3) is 0 Å². The number of hydrogen-bond acceptors (Lipinski definition) is 1. The van der Waals surface area contributed by atoms with Gasteiger partial charge in [0.2, 0.25) is 0 Å². The molecule has 0 heterocycles. The summed E-state index contributed by atoms with van der Waals surface area (Å²) in [6.45, 7) is 8.27. The fraction of sp³-hybridized carbons (Fsp3) is 0.571. The molecule has 0 aliphatic heterocycles. The van der Waals surface area contributed by atoms with Crippen LogP contribution >= 0.6 is 0 Å². The fourth-order valence-electron chi connectivity index (χ4n) is 1.91. The summed E-state index contributed by atoms with van der Waals surface area (Å²) < 4.78 is 26.5. The number of nitrogens with one attached hydrogen (secondary N) is 1. The van der Waals surface area contributed by atoms with Crippen molar-refractivity contribution in [1.29, 1.82) is 0 Å². The molecule has 1 rings (SSSR count). The van der Waals surface area contributed by atoms with Crippen molar-refractivity contribution in [1.82, 2.24) is 5.32 Å². The first-order chi connectivity index (χ1) is 7.90. The van der Waals surface area contributed by atoms with Gasteiger partial charge in [-0.05, 0) is 43.0 Å². The van der Waals surface area contributed by atoms with E-state index in [4.69, 9.17) is 0 Å². The van der Waals surface area contributed by atoms with Crippen LogP contribution in [0.25, 0.3) is 0 Å². The molecular formula is C14H21F2N. The molecule has 2 unspecified atom stereocenters. The molecule has 1 N–H and O–H groups in total. The minimum absolute atomic E-state index is 0.258. The van der Waals surface area contributed by atoms with Crippen LogP contribution in [0.1, 0.15) is 33.3 Å². The third-order valence-electron chi connectivity index (χ3n) is 3.00. The van der Waals surface area contributed by atoms with Crippen LogP contribution in [0.2, 0.25) is 0 Å². The first-order valence-corrected chi connectivity index (χ1v) is 6.10. The highest BCUT2D eigenvalue weighted by Crippen LogP contribution is 2.17. The summed E-state index contributed by atoms with van der Waals surface area (Å²) >= 11 is 0. The molecule has 0 radical (unpaired) electrons. The quantitative estimate of drug-likeness (QED) is 0.831. The van der Waals surface area contributed by atoms with E-state index >= 15 is 0 Å². The summed E-state index contributed by atoms with van der Waals surface area (Å²) in [7, 11) is 0. The summed E-state index contributed by atoms with van der Waals surface area (Å²) in [4.78, 5) is 0. The third-order valence-corrected chi connectivity index (χ3v) is 3.00. The lowest BCUT2D eigenvalue weighted by Crippen LogP contribution is -2.37. The third kappa shape index (κ3) is 4.43. The molecule has 0 bridgehead atoms. The van der Waals surface area contributed by atoms with Crippen molar-refractivity contribution in [3.63, 3.8) is 0 Å². The molecule has 3 heteroatoms. The van der Waals surface area contributed by atoms with E-state index in [-0.39, 0.29) is 23.6 Å². The molecule has 1 aromatic rings. The lowest BCUT2D eigenvalue weighted by Gasteiger charge is -2.23. The Morgan fingerprint density at radius 3 is 2.35 bits per heavy atom. The van der Waals surface area contributed by atoms with Gasteiger partial charge in [-0.15, -0.1) is 0 Å². The summed E-state index contributed by atoms with van der Waals surface area (Å²) in [5.74, 6) is -0.443. The second kappa shape index (κ2) is 6.10. The molecule has 2 atom stereocenters. The van der Waals surface area contributed by atoms with Gasteiger partial charge in [0.15, 0.2) is 0 Å². The van der Waals surface area contributed by atoms with E-state index in [2.05, 4.69) is 26.1 Å². The minimum Gasteiger partial charge on any atom is -0.312 e. The highest BCUT2D eigenvalue weighted by Gasteiger charge is 2.15. The lowest BCUT2D eigenvalue weighted by molar-refractivity contribution is 0.368. The Morgan fingerprint density at radius 2 is 1.76 bits per heavy atom. The van der Waals surface area contributed by atoms with E-state index in [9.17, 15) is 8.78 Å². The van der Waals surface area contributed by atoms with Crippen LogP contribution in [-0.2, 0) is 6.42 Å². The van der Waals surface area contributed by atoms with Gasteiger partial charge in [0.1, 0.15) is 11.6 Å². The Morgan fingerprint density at radius 1 is 1.12 bits per heavy atom. The van der Waals surface area contributed by atoms with Crippen molar-refractivity contribution < 1.29 is 8.78 Å². The molecule has 0 amide bonds. The number of rotatable bonds is 5. The Balaban J connectivity index is 2.67. The largest absolute Gasteiger partial charge is 0.312 e. The average Bonchev–Trinajstić information content (AvgIpc) is 2.22. The minimum atomic E-state index is -0.377. The SMILES string of the molecule is CC(C)NC(C)C(C)Cc1cc(F)ccc1F. The zero-order valence-corrected chi connectivity index (χ0v) is 10.9. The summed E-state index contributed by atoms with van der Waals surface area (Å²) in [6.07, 6.45) is 0.546. The molecule has 0 fully saturated rings. The first kappa shape index (κ1) is 14.1. The van der Waals surface area contributed by atoms with Crippen molar-refractivity contribution in [3.05, 3.63) is 35.4 Å². The molecule has 0 aliphatic rings. The summed E-state index contributed by atoms with van der Waals surface area (Å²) in [6, 6.07) is 4.30. The van der Waals surface area contributed by atoms with E-state index in [0.29, 0.717) is 18.0 Å². The molecule has 1 nitrogen and oxygen atoms in total. The molecule has 0 aromatic heterocycles. The Bertz CT molecular complexity index is 363. The van der Waals surface area contributed by atoms with Crippen molar-refractivity contribution >= 4 is 0 Å². The molecule has 0 spiro atoms. The molecule has 0 saturated carbocycles. The van der Waals surface area contributed by atoms with Gasteiger partial charge < -0.3 is 5.32 Å². The second-order valence-corrected chi connectivity index (χ2v) is 5.03. The van der Waals surface area contributed by atoms with Gasteiger partial charge in [-0.2, -0.15) is 0 Å². The van der Waals surface area contributed by atoms with E-state index in [1.807, 2.05) is 6.92 Å². The van der Waals surface area contributed by atoms with Crippen LogP contribution < -0.4 is 5.32 Å². The molecular weight excluding hydrogens is 220 g/mol. The molecule has 1 aromatic carbocycles. The molecule has 17 heavy (non-hydrogen) atoms. The first-order valence-electron chi connectivity index (χ1n) is 6.10. The lowest BCUT2D eigenvalue weighted by atomic mass is 9.94. The van der Waals surface area contributed by atoms with Crippen LogP contribution in [0.4, 0.5) is 8.78 Å². The monoisotopic (exact) mass is 241 g/mol. The van der Waals surface area contributed by atoms with Crippen LogP contribution in [0.5, 0.6) is 0 Å². The Labute approximate surface area is 102 Å². The standard InChI is InChI=1S/C14H21F2N/c1-9(2)17-11(4)10(3)7-12-8-13(15)5-6-14(12)16/h5-6,8-11,17H,7H2,1-4H3. The van der Waals surface area contributed by atoms with Crippen LogP contribution in [0, 0.1) is 17.6 Å². The maximum absolute atomic E-state index is 13.5. The smallest absolute Gasteiger partial charge is 0.126 e. The predicted molar refractivity (Wildman–Crippen MR) is 67.0 cm³/mol. The van der Waals surface area contributed by atoms with Crippen molar-refractivity contribution in [2.24, 2.45) is 5.92 Å². The van der Waals surface area contributed by atoms with Gasteiger partial charge in [0.05, 0.1) is 0 Å². The summed E-state index contributed by atoms with van der Waals surface area (Å²) in [5, 5.41) is 3.38. The predicted octanol–water partition coefficient (Wildman–Crippen LogP) is 3.53. The molecule has 96 valence electrons. The van der Waals surface area contributed by atoms with E-state index in [1.54, 1.807) is 0 Å². The van der Waals surface area contributed by atoms with Crippen molar-refractivity contribution in [3.8, 4) is 0 Å². The van der Waals surface area contributed by atoms with E-state index in [1.165, 1.54) is 12.1 Å². The maximum Gasteiger partial charge on any atom is 0.126 e.